The van der Waals surface area contributed by atoms with E-state index in [2.05, 4.69) is 6.92 Å². The van der Waals surface area contributed by atoms with Crippen LogP contribution in [0.1, 0.15) is 19.8 Å². The fourth-order valence-corrected chi connectivity index (χ4v) is 1.12. The maximum absolute atomic E-state index is 9.89. The van der Waals surface area contributed by atoms with Crippen molar-refractivity contribution in [3.63, 3.8) is 0 Å². The van der Waals surface area contributed by atoms with E-state index in [-0.39, 0.29) is 25.6 Å². The number of carboxylic acid groups (broad SMARTS) is 1. The minimum absolute atomic E-state index is 0. The molecule has 0 aliphatic carbocycles. The Hall–Kier alpha value is 0.380. The first kappa shape index (κ1) is 12.1. The number of unbranched alkanes of at least 4 members (excludes halogenated alkanes) is 1. The topological polar surface area (TPSA) is 37.3 Å². The lowest BCUT2D eigenvalue weighted by molar-refractivity contribution is 0.221. The van der Waals surface area contributed by atoms with Crippen molar-refractivity contribution in [1.29, 1.82) is 0 Å². The molecule has 2 nitrogen and oxygen atoms in total. The van der Waals surface area contributed by atoms with Crippen LogP contribution in [0.4, 0.5) is 4.79 Å². The summed E-state index contributed by atoms with van der Waals surface area (Å²) in [5, 5.41) is 8.15. The Kier molecular flexibility index (Phi) is 11.3. The summed E-state index contributed by atoms with van der Waals surface area (Å²) in [7, 11) is 0.112. The van der Waals surface area contributed by atoms with Gasteiger partial charge in [-0.3, -0.25) is 0 Å². The van der Waals surface area contributed by atoms with Crippen molar-refractivity contribution >= 4 is 31.3 Å². The molecule has 4 heteroatoms. The second-order valence-corrected chi connectivity index (χ2v) is 2.87. The number of carbonyl (C=O) groups is 1. The molecule has 0 rings (SSSR count). The van der Waals surface area contributed by atoms with Gasteiger partial charge in [-0.2, -0.15) is 0 Å². The maximum Gasteiger partial charge on any atom is 0.320 e. The van der Waals surface area contributed by atoms with Crippen LogP contribution >= 0.6 is 25.6 Å². The molecule has 0 saturated heterocycles. The number of hydrogen-bond donors (Lipinski definition) is 1. The zero-order valence-corrected chi connectivity index (χ0v) is 8.10. The van der Waals surface area contributed by atoms with E-state index in [0.717, 1.165) is 19.0 Å². The van der Waals surface area contributed by atoms with Crippen molar-refractivity contribution in [2.45, 2.75) is 19.8 Å². The molecule has 0 amide bonds. The van der Waals surface area contributed by atoms with Crippen molar-refractivity contribution in [2.24, 2.45) is 0 Å². The van der Waals surface area contributed by atoms with Crippen molar-refractivity contribution in [3.05, 3.63) is 0 Å². The highest BCUT2D eigenvalue weighted by molar-refractivity contribution is 8.93. The smallest absolute Gasteiger partial charge is 0.320 e. The Bertz CT molecular complexity index is 77.4. The van der Waals surface area contributed by atoms with Gasteiger partial charge in [0.25, 0.3) is 0 Å². The van der Waals surface area contributed by atoms with Crippen LogP contribution in [0.15, 0.2) is 0 Å². The van der Waals surface area contributed by atoms with E-state index in [0.29, 0.717) is 0 Å². The molecule has 56 valence electrons. The van der Waals surface area contributed by atoms with Gasteiger partial charge in [0.1, 0.15) is 0 Å². The lowest BCUT2D eigenvalue weighted by atomic mass is 10.4. The van der Waals surface area contributed by atoms with Crippen LogP contribution < -0.4 is 0 Å². The van der Waals surface area contributed by atoms with Crippen molar-refractivity contribution in [3.8, 4) is 0 Å². The lowest BCUT2D eigenvalue weighted by Gasteiger charge is -1.90. The number of halogens is 1. The summed E-state index contributed by atoms with van der Waals surface area (Å²) in [5.74, 6) is 0. The minimum Gasteiger partial charge on any atom is -0.478 e. The molecule has 0 aromatic heterocycles. The summed E-state index contributed by atoms with van der Waals surface area (Å²) < 4.78 is 0. The maximum atomic E-state index is 9.89. The SMILES string of the molecule is Br.CCCCPC(=O)O. The van der Waals surface area contributed by atoms with Crippen LogP contribution in [-0.2, 0) is 0 Å². The molecule has 9 heavy (non-hydrogen) atoms. The fraction of sp³-hybridized carbons (Fsp3) is 0.800. The molecule has 0 aromatic rings. The molecule has 0 heterocycles. The normalized spacial score (nSPS) is 9.44. The first-order valence-corrected chi connectivity index (χ1v) is 3.95. The monoisotopic (exact) mass is 214 g/mol. The number of rotatable bonds is 4. The van der Waals surface area contributed by atoms with Crippen LogP contribution in [0.25, 0.3) is 0 Å². The summed E-state index contributed by atoms with van der Waals surface area (Å²) in [6.07, 6.45) is 3.00. The molecule has 0 aromatic carbocycles. The second kappa shape index (κ2) is 8.38. The fourth-order valence-electron chi connectivity index (χ4n) is 0.372. The largest absolute Gasteiger partial charge is 0.478 e. The van der Waals surface area contributed by atoms with E-state index < -0.39 is 5.71 Å². The molecule has 0 spiro atoms. The molecule has 0 aliphatic rings. The molecule has 0 radical (unpaired) electrons. The average molecular weight is 215 g/mol. The first-order valence-electron chi connectivity index (χ1n) is 2.74. The van der Waals surface area contributed by atoms with Gasteiger partial charge >= 0.3 is 5.71 Å². The quantitative estimate of drug-likeness (QED) is 0.578. The van der Waals surface area contributed by atoms with Gasteiger partial charge in [-0.05, 0) is 21.2 Å². The average Bonchev–Trinajstić information content (AvgIpc) is 1.66. The van der Waals surface area contributed by atoms with Gasteiger partial charge in [0, 0.05) is 0 Å². The van der Waals surface area contributed by atoms with Crippen LogP contribution in [0.5, 0.6) is 0 Å². The predicted octanol–water partition coefficient (Wildman–Crippen LogP) is 2.72. The molecular formula is C5H12BrO2P. The third-order valence-corrected chi connectivity index (χ3v) is 1.71. The highest BCUT2D eigenvalue weighted by atomic mass is 79.9. The second-order valence-electron chi connectivity index (χ2n) is 1.59. The molecule has 0 bridgehead atoms. The molecule has 0 saturated carbocycles. The molecule has 0 aliphatic heterocycles. The Morgan fingerprint density at radius 3 is 2.56 bits per heavy atom. The van der Waals surface area contributed by atoms with E-state index in [4.69, 9.17) is 5.11 Å². The van der Waals surface area contributed by atoms with E-state index >= 15 is 0 Å². The predicted molar refractivity (Wildman–Crippen MR) is 46.4 cm³/mol. The summed E-state index contributed by atoms with van der Waals surface area (Å²) >= 11 is 0. The van der Waals surface area contributed by atoms with Crippen molar-refractivity contribution in [2.75, 3.05) is 6.16 Å². The van der Waals surface area contributed by atoms with Gasteiger partial charge in [0.05, 0.1) is 0 Å². The van der Waals surface area contributed by atoms with Gasteiger partial charge in [0.2, 0.25) is 0 Å². The summed E-state index contributed by atoms with van der Waals surface area (Å²) in [6, 6.07) is 0. The highest BCUT2D eigenvalue weighted by Crippen LogP contribution is 2.12. The highest BCUT2D eigenvalue weighted by Gasteiger charge is 1.92. The van der Waals surface area contributed by atoms with E-state index in [1.807, 2.05) is 0 Å². The molecule has 0 fully saturated rings. The van der Waals surface area contributed by atoms with E-state index in [9.17, 15) is 4.79 Å². The first-order chi connectivity index (χ1) is 3.77. The van der Waals surface area contributed by atoms with Gasteiger partial charge in [-0.15, -0.1) is 17.0 Å². The van der Waals surface area contributed by atoms with Gasteiger partial charge < -0.3 is 5.11 Å². The van der Waals surface area contributed by atoms with Gasteiger partial charge in [-0.25, -0.2) is 4.79 Å². The third kappa shape index (κ3) is 11.8. The Balaban J connectivity index is 0. The van der Waals surface area contributed by atoms with Crippen LogP contribution in [0.3, 0.4) is 0 Å². The van der Waals surface area contributed by atoms with Crippen LogP contribution in [0, 0.1) is 0 Å². The zero-order valence-electron chi connectivity index (χ0n) is 5.39. The van der Waals surface area contributed by atoms with Crippen molar-refractivity contribution in [1.82, 2.24) is 0 Å². The van der Waals surface area contributed by atoms with Crippen LogP contribution in [-0.4, -0.2) is 17.0 Å². The van der Waals surface area contributed by atoms with Gasteiger partial charge in [-0.1, -0.05) is 13.3 Å². The Morgan fingerprint density at radius 2 is 2.22 bits per heavy atom. The molecule has 1 unspecified atom stereocenters. The molecule has 1 N–H and O–H groups in total. The van der Waals surface area contributed by atoms with Crippen LogP contribution in [0.2, 0.25) is 0 Å². The van der Waals surface area contributed by atoms with Gasteiger partial charge in [0.15, 0.2) is 0 Å². The summed E-state index contributed by atoms with van der Waals surface area (Å²) in [4.78, 5) is 9.89. The Morgan fingerprint density at radius 1 is 1.67 bits per heavy atom. The van der Waals surface area contributed by atoms with Crippen molar-refractivity contribution < 1.29 is 9.90 Å². The molecule has 1 atom stereocenters. The zero-order chi connectivity index (χ0) is 6.41. The van der Waals surface area contributed by atoms with E-state index in [1.165, 1.54) is 0 Å². The lowest BCUT2D eigenvalue weighted by Crippen LogP contribution is -1.82. The minimum atomic E-state index is -0.654. The van der Waals surface area contributed by atoms with E-state index in [1.54, 1.807) is 0 Å². The Labute approximate surface area is 67.6 Å². The molecular weight excluding hydrogens is 203 g/mol. The summed E-state index contributed by atoms with van der Waals surface area (Å²) in [5.41, 5.74) is -0.654. The summed E-state index contributed by atoms with van der Waals surface area (Å²) in [6.45, 7) is 2.06. The standard InChI is InChI=1S/C5H11O2P.BrH/c1-2-3-4-8-5(6)7;/h8H,2-4H2,1H3,(H,6,7);1H. The third-order valence-electron chi connectivity index (χ3n) is 0.807. The number of hydrogen-bond acceptors (Lipinski definition) is 1.